The quantitative estimate of drug-likeness (QED) is 0.756. The van der Waals surface area contributed by atoms with Crippen LogP contribution in [0.4, 0.5) is 10.1 Å². The number of ether oxygens (including phenoxy) is 2. The number of aromatic nitrogens is 1. The highest BCUT2D eigenvalue weighted by molar-refractivity contribution is 6.07. The Morgan fingerprint density at radius 2 is 1.92 bits per heavy atom. The standard InChI is InChI=1S/C18H15FN2O3/c1-10-13-8-11(19)2-4-14(13)21-17(10)18(22)20-12-3-5-15-16(9-12)24-7-6-23-15/h2-5,8-9,21H,6-7H2,1H3,(H,20,22). The number of benzene rings is 2. The van der Waals surface area contributed by atoms with Gasteiger partial charge >= 0.3 is 0 Å². The van der Waals surface area contributed by atoms with E-state index in [4.69, 9.17) is 9.47 Å². The van der Waals surface area contributed by atoms with Crippen LogP contribution in [-0.2, 0) is 0 Å². The second kappa shape index (κ2) is 5.56. The lowest BCUT2D eigenvalue weighted by molar-refractivity contribution is 0.102. The Kier molecular flexibility index (Phi) is 3.37. The number of nitrogens with one attached hydrogen (secondary N) is 2. The first kappa shape index (κ1) is 14.6. The predicted molar refractivity (Wildman–Crippen MR) is 88.4 cm³/mol. The molecule has 0 aliphatic carbocycles. The van der Waals surface area contributed by atoms with Crippen LogP contribution in [0.3, 0.4) is 0 Å². The summed E-state index contributed by atoms with van der Waals surface area (Å²) in [5, 5.41) is 3.52. The molecule has 4 rings (SSSR count). The van der Waals surface area contributed by atoms with E-state index in [2.05, 4.69) is 10.3 Å². The van der Waals surface area contributed by atoms with Gasteiger partial charge in [-0.3, -0.25) is 4.79 Å². The van der Waals surface area contributed by atoms with Crippen LogP contribution >= 0.6 is 0 Å². The topological polar surface area (TPSA) is 63.4 Å². The summed E-state index contributed by atoms with van der Waals surface area (Å²) in [6.45, 7) is 2.79. The summed E-state index contributed by atoms with van der Waals surface area (Å²) in [7, 11) is 0. The second-order valence-corrected chi connectivity index (χ2v) is 5.63. The first-order valence-corrected chi connectivity index (χ1v) is 7.60. The SMILES string of the molecule is Cc1c(C(=O)Nc2ccc3c(c2)OCCO3)[nH]c2ccc(F)cc12. The van der Waals surface area contributed by atoms with Crippen LogP contribution in [0.5, 0.6) is 11.5 Å². The van der Waals surface area contributed by atoms with Crippen LogP contribution in [-0.4, -0.2) is 24.1 Å². The Morgan fingerprint density at radius 3 is 2.75 bits per heavy atom. The van der Waals surface area contributed by atoms with Gasteiger partial charge < -0.3 is 19.8 Å². The van der Waals surface area contributed by atoms with Gasteiger partial charge in [0.25, 0.3) is 5.91 Å². The van der Waals surface area contributed by atoms with E-state index in [-0.39, 0.29) is 11.7 Å². The van der Waals surface area contributed by atoms with Gasteiger partial charge in [0.15, 0.2) is 11.5 Å². The van der Waals surface area contributed by atoms with Gasteiger partial charge in [-0.1, -0.05) is 0 Å². The van der Waals surface area contributed by atoms with Crippen LogP contribution in [0.25, 0.3) is 10.9 Å². The molecule has 24 heavy (non-hydrogen) atoms. The van der Waals surface area contributed by atoms with E-state index in [1.165, 1.54) is 12.1 Å². The molecule has 0 bridgehead atoms. The number of hydrogen-bond donors (Lipinski definition) is 2. The summed E-state index contributed by atoms with van der Waals surface area (Å²) in [5.74, 6) is 0.648. The van der Waals surface area contributed by atoms with Crippen LogP contribution < -0.4 is 14.8 Å². The van der Waals surface area contributed by atoms with E-state index in [1.54, 1.807) is 31.2 Å². The van der Waals surface area contributed by atoms with Crippen molar-refractivity contribution in [3.63, 3.8) is 0 Å². The zero-order valence-corrected chi connectivity index (χ0v) is 13.0. The molecule has 0 saturated carbocycles. The van der Waals surface area contributed by atoms with E-state index in [9.17, 15) is 9.18 Å². The Balaban J connectivity index is 1.63. The number of halogens is 1. The van der Waals surface area contributed by atoms with Crippen molar-refractivity contribution >= 4 is 22.5 Å². The van der Waals surface area contributed by atoms with Crippen LogP contribution in [0.1, 0.15) is 16.1 Å². The summed E-state index contributed by atoms with van der Waals surface area (Å²) in [5.41, 5.74) is 2.44. The normalized spacial score (nSPS) is 13.1. The fourth-order valence-electron chi connectivity index (χ4n) is 2.84. The molecule has 122 valence electrons. The van der Waals surface area contributed by atoms with Crippen molar-refractivity contribution in [1.29, 1.82) is 0 Å². The summed E-state index contributed by atoms with van der Waals surface area (Å²) in [6, 6.07) is 9.64. The van der Waals surface area contributed by atoms with Crippen LogP contribution in [0.2, 0.25) is 0 Å². The minimum Gasteiger partial charge on any atom is -0.486 e. The molecular formula is C18H15FN2O3. The van der Waals surface area contributed by atoms with Gasteiger partial charge in [0.1, 0.15) is 24.7 Å². The summed E-state index contributed by atoms with van der Waals surface area (Å²) >= 11 is 0. The summed E-state index contributed by atoms with van der Waals surface area (Å²) in [6.07, 6.45) is 0. The number of aromatic amines is 1. The number of carbonyl (C=O) groups is 1. The Hall–Kier alpha value is -3.02. The van der Waals surface area contributed by atoms with E-state index in [0.717, 1.165) is 5.52 Å². The Labute approximate surface area is 137 Å². The molecule has 0 unspecified atom stereocenters. The third kappa shape index (κ3) is 2.46. The predicted octanol–water partition coefficient (Wildman–Crippen LogP) is 3.64. The molecule has 0 radical (unpaired) electrons. The number of H-pyrrole nitrogens is 1. The monoisotopic (exact) mass is 326 g/mol. The van der Waals surface area contributed by atoms with E-state index < -0.39 is 0 Å². The molecule has 1 aromatic heterocycles. The zero-order chi connectivity index (χ0) is 16.7. The Bertz CT molecular complexity index is 949. The fraction of sp³-hybridized carbons (Fsp3) is 0.167. The van der Waals surface area contributed by atoms with Gasteiger partial charge in [-0.2, -0.15) is 0 Å². The molecule has 1 amide bonds. The largest absolute Gasteiger partial charge is 0.486 e. The minimum absolute atomic E-state index is 0.291. The fourth-order valence-corrected chi connectivity index (χ4v) is 2.84. The van der Waals surface area contributed by atoms with Gasteiger partial charge in [-0.15, -0.1) is 0 Å². The number of aryl methyl sites for hydroxylation is 1. The molecule has 3 aromatic rings. The van der Waals surface area contributed by atoms with Gasteiger partial charge in [0.05, 0.1) is 0 Å². The molecule has 2 N–H and O–H groups in total. The summed E-state index contributed by atoms with van der Waals surface area (Å²) in [4.78, 5) is 15.6. The third-order valence-electron chi connectivity index (χ3n) is 4.05. The lowest BCUT2D eigenvalue weighted by atomic mass is 10.1. The minimum atomic E-state index is -0.330. The van der Waals surface area contributed by atoms with Gasteiger partial charge in [-0.05, 0) is 42.8 Å². The number of hydrogen-bond acceptors (Lipinski definition) is 3. The highest BCUT2D eigenvalue weighted by Gasteiger charge is 2.17. The maximum absolute atomic E-state index is 13.4. The van der Waals surface area contributed by atoms with Crippen LogP contribution in [0.15, 0.2) is 36.4 Å². The maximum atomic E-state index is 13.4. The molecule has 0 atom stereocenters. The van der Waals surface area contributed by atoms with Crippen molar-refractivity contribution in [2.45, 2.75) is 6.92 Å². The van der Waals surface area contributed by atoms with Crippen LogP contribution in [0, 0.1) is 12.7 Å². The zero-order valence-electron chi connectivity index (χ0n) is 13.0. The van der Waals surface area contributed by atoms with Crippen molar-refractivity contribution in [2.75, 3.05) is 18.5 Å². The van der Waals surface area contributed by atoms with E-state index in [1.807, 2.05) is 0 Å². The van der Waals surface area contributed by atoms with Crippen molar-refractivity contribution < 1.29 is 18.7 Å². The average Bonchev–Trinajstić information content (AvgIpc) is 2.91. The molecule has 5 nitrogen and oxygen atoms in total. The molecule has 2 aromatic carbocycles. The van der Waals surface area contributed by atoms with Crippen molar-refractivity contribution in [2.24, 2.45) is 0 Å². The van der Waals surface area contributed by atoms with E-state index >= 15 is 0 Å². The number of carbonyl (C=O) groups excluding carboxylic acids is 1. The molecule has 0 fully saturated rings. The van der Waals surface area contributed by atoms with E-state index in [0.29, 0.717) is 47.0 Å². The number of rotatable bonds is 2. The third-order valence-corrected chi connectivity index (χ3v) is 4.05. The molecule has 1 aliphatic rings. The maximum Gasteiger partial charge on any atom is 0.272 e. The highest BCUT2D eigenvalue weighted by atomic mass is 19.1. The number of anilines is 1. The lowest BCUT2D eigenvalue weighted by Gasteiger charge is -2.19. The Morgan fingerprint density at radius 1 is 1.12 bits per heavy atom. The van der Waals surface area contributed by atoms with Crippen molar-refractivity contribution in [1.82, 2.24) is 4.98 Å². The smallest absolute Gasteiger partial charge is 0.272 e. The first-order chi connectivity index (χ1) is 11.6. The number of amides is 1. The highest BCUT2D eigenvalue weighted by Crippen LogP contribution is 2.33. The van der Waals surface area contributed by atoms with Gasteiger partial charge in [-0.25, -0.2) is 4.39 Å². The molecule has 6 heteroatoms. The molecule has 0 spiro atoms. The second-order valence-electron chi connectivity index (χ2n) is 5.63. The number of fused-ring (bicyclic) bond motifs is 2. The molecule has 1 aliphatic heterocycles. The van der Waals surface area contributed by atoms with Gasteiger partial charge in [0.2, 0.25) is 0 Å². The molecule has 0 saturated heterocycles. The molecular weight excluding hydrogens is 311 g/mol. The van der Waals surface area contributed by atoms with Crippen molar-refractivity contribution in [3.05, 3.63) is 53.5 Å². The van der Waals surface area contributed by atoms with Gasteiger partial charge in [0, 0.05) is 22.7 Å². The average molecular weight is 326 g/mol. The lowest BCUT2D eigenvalue weighted by Crippen LogP contribution is -2.17. The summed E-state index contributed by atoms with van der Waals surface area (Å²) < 4.78 is 24.4. The van der Waals surface area contributed by atoms with Crippen molar-refractivity contribution in [3.8, 4) is 11.5 Å². The first-order valence-electron chi connectivity index (χ1n) is 7.60. The molecule has 2 heterocycles.